The van der Waals surface area contributed by atoms with Gasteiger partial charge in [-0.2, -0.15) is 0 Å². The Morgan fingerprint density at radius 1 is 1.60 bits per heavy atom. The van der Waals surface area contributed by atoms with Crippen molar-refractivity contribution >= 4 is 11.9 Å². The Bertz CT molecular complexity index is 357. The van der Waals surface area contributed by atoms with Gasteiger partial charge in [-0.05, 0) is 12.5 Å². The first-order valence-corrected chi connectivity index (χ1v) is 4.56. The zero-order valence-electron chi connectivity index (χ0n) is 8.26. The van der Waals surface area contributed by atoms with Crippen molar-refractivity contribution in [3.63, 3.8) is 0 Å². The molecule has 82 valence electrons. The van der Waals surface area contributed by atoms with E-state index >= 15 is 0 Å². The van der Waals surface area contributed by atoms with Gasteiger partial charge in [-0.25, -0.2) is 4.79 Å². The SMILES string of the molecule is CCCCOC(=O)c1ccc([N+](=O)[O-])o1. The van der Waals surface area contributed by atoms with Crippen molar-refractivity contribution in [2.24, 2.45) is 0 Å². The van der Waals surface area contributed by atoms with Crippen LogP contribution in [0.25, 0.3) is 0 Å². The molecule has 0 aliphatic carbocycles. The molecule has 0 aliphatic rings. The second kappa shape index (κ2) is 5.14. The number of nitrogens with zero attached hydrogens (tertiary/aromatic N) is 1. The first kappa shape index (κ1) is 11.2. The van der Waals surface area contributed by atoms with Crippen molar-refractivity contribution in [2.45, 2.75) is 19.8 Å². The summed E-state index contributed by atoms with van der Waals surface area (Å²) in [4.78, 5) is 20.8. The van der Waals surface area contributed by atoms with E-state index in [1.165, 1.54) is 6.07 Å². The number of rotatable bonds is 5. The molecule has 0 amide bonds. The monoisotopic (exact) mass is 213 g/mol. The summed E-state index contributed by atoms with van der Waals surface area (Å²) in [5, 5.41) is 10.3. The average molecular weight is 213 g/mol. The van der Waals surface area contributed by atoms with Gasteiger partial charge >= 0.3 is 11.9 Å². The molecule has 0 unspecified atom stereocenters. The summed E-state index contributed by atoms with van der Waals surface area (Å²) in [7, 11) is 0. The van der Waals surface area contributed by atoms with Gasteiger partial charge in [0, 0.05) is 0 Å². The summed E-state index contributed by atoms with van der Waals surface area (Å²) >= 11 is 0. The fourth-order valence-corrected chi connectivity index (χ4v) is 0.916. The van der Waals surface area contributed by atoms with E-state index < -0.39 is 16.8 Å². The number of unbranched alkanes of at least 4 members (excludes halogenated alkanes) is 1. The number of nitro groups is 1. The lowest BCUT2D eigenvalue weighted by Gasteiger charge is -1.99. The Morgan fingerprint density at radius 2 is 2.33 bits per heavy atom. The molecule has 0 saturated heterocycles. The standard InChI is InChI=1S/C9H11NO5/c1-2-3-6-14-9(11)7-4-5-8(15-7)10(12)13/h4-5H,2-3,6H2,1H3. The Balaban J connectivity index is 2.54. The third kappa shape index (κ3) is 3.08. The highest BCUT2D eigenvalue weighted by molar-refractivity contribution is 5.86. The van der Waals surface area contributed by atoms with Crippen LogP contribution in [0.15, 0.2) is 16.5 Å². The summed E-state index contributed by atoms with van der Waals surface area (Å²) in [5.74, 6) is -1.27. The Kier molecular flexibility index (Phi) is 3.84. The third-order valence-electron chi connectivity index (χ3n) is 1.70. The first-order chi connectivity index (χ1) is 7.15. The minimum absolute atomic E-state index is 0.141. The molecular formula is C9H11NO5. The van der Waals surface area contributed by atoms with Crippen LogP contribution in [0.4, 0.5) is 5.88 Å². The minimum Gasteiger partial charge on any atom is -0.460 e. The van der Waals surface area contributed by atoms with Gasteiger partial charge in [-0.1, -0.05) is 13.3 Å². The van der Waals surface area contributed by atoms with Crippen LogP contribution in [0, 0.1) is 10.1 Å². The van der Waals surface area contributed by atoms with Gasteiger partial charge in [0.15, 0.2) is 0 Å². The number of furan rings is 1. The van der Waals surface area contributed by atoms with E-state index in [1.54, 1.807) is 0 Å². The number of carbonyl (C=O) groups excluding carboxylic acids is 1. The van der Waals surface area contributed by atoms with E-state index in [9.17, 15) is 14.9 Å². The zero-order chi connectivity index (χ0) is 11.3. The lowest BCUT2D eigenvalue weighted by molar-refractivity contribution is -0.402. The number of esters is 1. The zero-order valence-corrected chi connectivity index (χ0v) is 8.26. The minimum atomic E-state index is -0.706. The van der Waals surface area contributed by atoms with Gasteiger partial charge in [0.2, 0.25) is 5.76 Å². The van der Waals surface area contributed by atoms with Gasteiger partial charge in [0.1, 0.15) is 4.92 Å². The quantitative estimate of drug-likeness (QED) is 0.324. The molecule has 0 bridgehead atoms. The second-order valence-corrected chi connectivity index (χ2v) is 2.88. The maximum Gasteiger partial charge on any atom is 0.433 e. The third-order valence-corrected chi connectivity index (χ3v) is 1.70. The number of carbonyl (C=O) groups is 1. The molecule has 0 spiro atoms. The summed E-state index contributed by atoms with van der Waals surface area (Å²) in [6, 6.07) is 2.35. The summed E-state index contributed by atoms with van der Waals surface area (Å²) in [6.45, 7) is 2.26. The molecule has 6 heteroatoms. The van der Waals surface area contributed by atoms with Gasteiger partial charge in [-0.3, -0.25) is 10.1 Å². The van der Waals surface area contributed by atoms with Crippen molar-refractivity contribution in [1.82, 2.24) is 0 Å². The highest BCUT2D eigenvalue weighted by atomic mass is 16.7. The van der Waals surface area contributed by atoms with Gasteiger partial charge < -0.3 is 9.15 Å². The van der Waals surface area contributed by atoms with Crippen LogP contribution in [-0.2, 0) is 4.74 Å². The predicted octanol–water partition coefficient (Wildman–Crippen LogP) is 2.14. The van der Waals surface area contributed by atoms with Crippen molar-refractivity contribution in [3.8, 4) is 0 Å². The highest BCUT2D eigenvalue weighted by Crippen LogP contribution is 2.16. The molecule has 0 saturated carbocycles. The normalized spacial score (nSPS) is 9.93. The van der Waals surface area contributed by atoms with Crippen LogP contribution in [0.3, 0.4) is 0 Å². The molecule has 0 radical (unpaired) electrons. The van der Waals surface area contributed by atoms with E-state index in [-0.39, 0.29) is 5.76 Å². The number of ether oxygens (including phenoxy) is 1. The van der Waals surface area contributed by atoms with Crippen LogP contribution in [0.5, 0.6) is 0 Å². The maximum atomic E-state index is 11.2. The topological polar surface area (TPSA) is 82.6 Å². The fraction of sp³-hybridized carbons (Fsp3) is 0.444. The average Bonchev–Trinajstić information content (AvgIpc) is 2.66. The van der Waals surface area contributed by atoms with Crippen molar-refractivity contribution in [3.05, 3.63) is 28.0 Å². The largest absolute Gasteiger partial charge is 0.460 e. The van der Waals surface area contributed by atoms with Crippen LogP contribution in [0.2, 0.25) is 0 Å². The van der Waals surface area contributed by atoms with Crippen LogP contribution in [-0.4, -0.2) is 17.5 Å². The van der Waals surface area contributed by atoms with Crippen LogP contribution < -0.4 is 0 Å². The Labute approximate surface area is 86.0 Å². The van der Waals surface area contributed by atoms with Gasteiger partial charge in [-0.15, -0.1) is 0 Å². The predicted molar refractivity (Wildman–Crippen MR) is 50.6 cm³/mol. The van der Waals surface area contributed by atoms with E-state index in [1.807, 2.05) is 6.92 Å². The van der Waals surface area contributed by atoms with Crippen LogP contribution in [0.1, 0.15) is 30.3 Å². The lowest BCUT2D eigenvalue weighted by atomic mass is 10.4. The Hall–Kier alpha value is -1.85. The van der Waals surface area contributed by atoms with Crippen molar-refractivity contribution < 1.29 is 18.9 Å². The smallest absolute Gasteiger partial charge is 0.433 e. The lowest BCUT2D eigenvalue weighted by Crippen LogP contribution is -2.04. The molecule has 0 fully saturated rings. The van der Waals surface area contributed by atoms with E-state index in [0.29, 0.717) is 6.61 Å². The number of hydrogen-bond acceptors (Lipinski definition) is 5. The molecular weight excluding hydrogens is 202 g/mol. The molecule has 0 aromatic carbocycles. The maximum absolute atomic E-state index is 11.2. The van der Waals surface area contributed by atoms with Gasteiger partial charge in [0.25, 0.3) is 0 Å². The fourth-order valence-electron chi connectivity index (χ4n) is 0.916. The summed E-state index contributed by atoms with van der Waals surface area (Å²) in [5.41, 5.74) is 0. The summed E-state index contributed by atoms with van der Waals surface area (Å²) in [6.07, 6.45) is 1.67. The second-order valence-electron chi connectivity index (χ2n) is 2.88. The van der Waals surface area contributed by atoms with Crippen molar-refractivity contribution in [1.29, 1.82) is 0 Å². The molecule has 15 heavy (non-hydrogen) atoms. The molecule has 6 nitrogen and oxygen atoms in total. The van der Waals surface area contributed by atoms with E-state index in [0.717, 1.165) is 18.9 Å². The molecule has 1 aromatic heterocycles. The molecule has 0 atom stereocenters. The Morgan fingerprint density at radius 3 is 2.87 bits per heavy atom. The van der Waals surface area contributed by atoms with Crippen LogP contribution >= 0.6 is 0 Å². The molecule has 1 heterocycles. The molecule has 1 rings (SSSR count). The molecule has 0 N–H and O–H groups in total. The van der Waals surface area contributed by atoms with Gasteiger partial charge in [0.05, 0.1) is 12.7 Å². The van der Waals surface area contributed by atoms with E-state index in [4.69, 9.17) is 4.74 Å². The van der Waals surface area contributed by atoms with E-state index in [2.05, 4.69) is 4.42 Å². The van der Waals surface area contributed by atoms with Crippen molar-refractivity contribution in [2.75, 3.05) is 6.61 Å². The molecule has 0 aliphatic heterocycles. The molecule has 1 aromatic rings. The first-order valence-electron chi connectivity index (χ1n) is 4.56. The summed E-state index contributed by atoms with van der Waals surface area (Å²) < 4.78 is 9.47. The number of hydrogen-bond donors (Lipinski definition) is 0. The highest BCUT2D eigenvalue weighted by Gasteiger charge is 2.17.